The third-order valence-corrected chi connectivity index (χ3v) is 3.42. The van der Waals surface area contributed by atoms with Gasteiger partial charge in [0.1, 0.15) is 18.2 Å². The summed E-state index contributed by atoms with van der Waals surface area (Å²) in [6.45, 7) is 7.33. The van der Waals surface area contributed by atoms with Gasteiger partial charge in [0, 0.05) is 5.56 Å². The summed E-state index contributed by atoms with van der Waals surface area (Å²) in [5.41, 5.74) is 2.07. The highest BCUT2D eigenvalue weighted by molar-refractivity contribution is 5.92. The van der Waals surface area contributed by atoms with Crippen LogP contribution in [0.25, 0.3) is 10.4 Å². The molecule has 22 heavy (non-hydrogen) atoms. The Bertz CT molecular complexity index is 849. The van der Waals surface area contributed by atoms with Crippen molar-refractivity contribution in [3.05, 3.63) is 76.4 Å². The molecule has 4 nitrogen and oxygen atoms in total. The summed E-state index contributed by atoms with van der Waals surface area (Å²) in [7, 11) is 0. The van der Waals surface area contributed by atoms with E-state index in [1.807, 2.05) is 0 Å². The van der Waals surface area contributed by atoms with E-state index >= 15 is 0 Å². The topological polar surface area (TPSA) is 50.9 Å². The van der Waals surface area contributed by atoms with Gasteiger partial charge in [-0.25, -0.2) is 14.0 Å². The fourth-order valence-corrected chi connectivity index (χ4v) is 2.36. The molecule has 1 aliphatic rings. The molecule has 0 radical (unpaired) electrons. The average molecular weight is 295 g/mol. The van der Waals surface area contributed by atoms with Crippen LogP contribution in [0.5, 0.6) is 5.75 Å². The third-order valence-electron chi connectivity index (χ3n) is 3.42. The Balaban J connectivity index is 2.14. The molecule has 0 spiro atoms. The number of carboxylic acid groups (broad SMARTS) is 1. The summed E-state index contributed by atoms with van der Waals surface area (Å²) in [5, 5.41) is 9.11. The lowest BCUT2D eigenvalue weighted by atomic mass is 9.93. The number of ether oxygens (including phenoxy) is 1. The van der Waals surface area contributed by atoms with Gasteiger partial charge in [0.2, 0.25) is 5.69 Å². The number of hydrogen-bond donors (Lipinski definition) is 1. The Morgan fingerprint density at radius 3 is 2.82 bits per heavy atom. The fraction of sp³-hybridized carbons (Fsp3) is 0.0588. The highest BCUT2D eigenvalue weighted by Crippen LogP contribution is 2.36. The lowest BCUT2D eigenvalue weighted by Crippen LogP contribution is -2.07. The van der Waals surface area contributed by atoms with Crippen molar-refractivity contribution < 1.29 is 19.0 Å². The first-order chi connectivity index (χ1) is 10.6. The van der Waals surface area contributed by atoms with E-state index < -0.39 is 11.8 Å². The summed E-state index contributed by atoms with van der Waals surface area (Å²) in [4.78, 5) is 14.3. The van der Waals surface area contributed by atoms with Crippen molar-refractivity contribution in [2.45, 2.75) is 0 Å². The molecule has 1 aliphatic heterocycles. The number of halogens is 1. The number of rotatable bonds is 2. The number of carbonyl (C=O) groups is 1. The zero-order chi connectivity index (χ0) is 15.7. The maximum Gasteiger partial charge on any atom is 0.335 e. The van der Waals surface area contributed by atoms with E-state index in [1.54, 1.807) is 18.2 Å². The van der Waals surface area contributed by atoms with E-state index in [-0.39, 0.29) is 11.3 Å². The molecular formula is C17H10FNO3. The van der Waals surface area contributed by atoms with Crippen LogP contribution in [-0.4, -0.2) is 17.7 Å². The first kappa shape index (κ1) is 13.8. The van der Waals surface area contributed by atoms with Gasteiger partial charge in [-0.2, -0.15) is 0 Å². The van der Waals surface area contributed by atoms with Crippen molar-refractivity contribution in [1.29, 1.82) is 0 Å². The smallest absolute Gasteiger partial charge is 0.335 e. The Hall–Kier alpha value is -3.13. The molecule has 1 N–H and O–H groups in total. The second-order valence-electron chi connectivity index (χ2n) is 4.72. The van der Waals surface area contributed by atoms with Crippen molar-refractivity contribution in [3.8, 4) is 5.75 Å². The number of fused-ring (bicyclic) bond motifs is 1. The van der Waals surface area contributed by atoms with Crippen LogP contribution in [-0.2, 0) is 0 Å². The number of benzene rings is 2. The molecule has 2 aromatic rings. The molecule has 0 aliphatic carbocycles. The van der Waals surface area contributed by atoms with Crippen LogP contribution in [0.2, 0.25) is 0 Å². The van der Waals surface area contributed by atoms with Gasteiger partial charge >= 0.3 is 5.97 Å². The normalized spacial score (nSPS) is 12.6. The van der Waals surface area contributed by atoms with Crippen molar-refractivity contribution in [2.75, 3.05) is 6.61 Å². The van der Waals surface area contributed by atoms with Crippen molar-refractivity contribution in [3.63, 3.8) is 0 Å². The quantitative estimate of drug-likeness (QED) is 0.855. The maximum absolute atomic E-state index is 13.5. The standard InChI is InChI=1S/C17H10FNO3/c1-19-15-9-10(2-4-14(15)18)12-6-7-22-16-5-3-11(17(20)21)8-13(12)16/h2-6,8-9H,7H2,(H,20,21). The Morgan fingerprint density at radius 2 is 2.09 bits per heavy atom. The molecule has 0 fully saturated rings. The summed E-state index contributed by atoms with van der Waals surface area (Å²) < 4.78 is 19.0. The van der Waals surface area contributed by atoms with Crippen molar-refractivity contribution in [1.82, 2.24) is 0 Å². The van der Waals surface area contributed by atoms with Crippen LogP contribution in [0.1, 0.15) is 21.5 Å². The molecule has 0 atom stereocenters. The molecule has 5 heteroatoms. The Morgan fingerprint density at radius 1 is 1.27 bits per heavy atom. The van der Waals surface area contributed by atoms with Crippen LogP contribution in [0.15, 0.2) is 42.5 Å². The molecule has 0 saturated heterocycles. The van der Waals surface area contributed by atoms with Crippen molar-refractivity contribution >= 4 is 17.2 Å². The summed E-state index contributed by atoms with van der Waals surface area (Å²) >= 11 is 0. The van der Waals surface area contributed by atoms with Crippen molar-refractivity contribution in [2.24, 2.45) is 0 Å². The van der Waals surface area contributed by atoms with Crippen LogP contribution in [0, 0.1) is 12.4 Å². The summed E-state index contributed by atoms with van der Waals surface area (Å²) in [5.74, 6) is -1.05. The molecule has 0 bridgehead atoms. The highest BCUT2D eigenvalue weighted by Gasteiger charge is 2.18. The number of nitrogens with zero attached hydrogens (tertiary/aromatic N) is 1. The largest absolute Gasteiger partial charge is 0.489 e. The maximum atomic E-state index is 13.5. The second kappa shape index (κ2) is 5.34. The Labute approximate surface area is 125 Å². The zero-order valence-corrected chi connectivity index (χ0v) is 11.3. The first-order valence-electron chi connectivity index (χ1n) is 6.48. The average Bonchev–Trinajstić information content (AvgIpc) is 2.54. The predicted molar refractivity (Wildman–Crippen MR) is 78.6 cm³/mol. The third kappa shape index (κ3) is 2.31. The monoisotopic (exact) mass is 295 g/mol. The minimum atomic E-state index is -1.03. The minimum Gasteiger partial charge on any atom is -0.489 e. The van der Waals surface area contributed by atoms with Gasteiger partial charge < -0.3 is 9.84 Å². The van der Waals surface area contributed by atoms with Crippen LogP contribution < -0.4 is 4.74 Å². The molecule has 0 saturated carbocycles. The molecule has 3 rings (SSSR count). The number of carboxylic acids is 1. The van der Waals surface area contributed by atoms with E-state index in [0.717, 1.165) is 5.57 Å². The van der Waals surface area contributed by atoms with E-state index in [0.29, 0.717) is 23.5 Å². The van der Waals surface area contributed by atoms with Gasteiger partial charge in [0.15, 0.2) is 0 Å². The molecule has 0 amide bonds. The van der Waals surface area contributed by atoms with Gasteiger partial charge in [-0.3, -0.25) is 0 Å². The van der Waals surface area contributed by atoms with Gasteiger partial charge in [-0.05, 0) is 47.5 Å². The second-order valence-corrected chi connectivity index (χ2v) is 4.72. The SMILES string of the molecule is [C-]#[N+]c1cc(C2=CCOc3ccc(C(=O)O)cc32)ccc1F. The van der Waals surface area contributed by atoms with Gasteiger partial charge in [0.25, 0.3) is 0 Å². The van der Waals surface area contributed by atoms with Gasteiger partial charge in [-0.1, -0.05) is 6.07 Å². The van der Waals surface area contributed by atoms with Crippen LogP contribution in [0.3, 0.4) is 0 Å². The summed E-state index contributed by atoms with van der Waals surface area (Å²) in [6.07, 6.45) is 1.79. The van der Waals surface area contributed by atoms with Gasteiger partial charge in [-0.15, -0.1) is 0 Å². The lowest BCUT2D eigenvalue weighted by Gasteiger charge is -2.19. The van der Waals surface area contributed by atoms with E-state index in [2.05, 4.69) is 4.85 Å². The molecule has 0 unspecified atom stereocenters. The molecule has 0 aromatic heterocycles. The highest BCUT2D eigenvalue weighted by atomic mass is 19.1. The molecule has 1 heterocycles. The van der Waals surface area contributed by atoms with E-state index in [1.165, 1.54) is 24.3 Å². The van der Waals surface area contributed by atoms with E-state index in [4.69, 9.17) is 16.4 Å². The molecular weight excluding hydrogens is 285 g/mol. The van der Waals surface area contributed by atoms with Crippen LogP contribution >= 0.6 is 0 Å². The predicted octanol–water partition coefficient (Wildman–Crippen LogP) is 3.90. The first-order valence-corrected chi connectivity index (χ1v) is 6.48. The van der Waals surface area contributed by atoms with E-state index in [9.17, 15) is 9.18 Å². The minimum absolute atomic E-state index is 0.0687. The zero-order valence-electron chi connectivity index (χ0n) is 11.3. The molecule has 2 aromatic carbocycles. The summed E-state index contributed by atoms with van der Waals surface area (Å²) in [6, 6.07) is 8.85. The Kier molecular flexibility index (Phi) is 3.36. The molecule has 108 valence electrons. The lowest BCUT2D eigenvalue weighted by molar-refractivity contribution is 0.0697. The number of hydrogen-bond acceptors (Lipinski definition) is 2. The van der Waals surface area contributed by atoms with Crippen LogP contribution in [0.4, 0.5) is 10.1 Å². The fourth-order valence-electron chi connectivity index (χ4n) is 2.36. The van der Waals surface area contributed by atoms with Gasteiger partial charge in [0.05, 0.1) is 12.1 Å². The number of aromatic carboxylic acids is 1.